The molecule has 2 aromatic heterocycles. The summed E-state index contributed by atoms with van der Waals surface area (Å²) >= 11 is 0. The molecule has 0 unspecified atom stereocenters. The summed E-state index contributed by atoms with van der Waals surface area (Å²) in [6.07, 6.45) is 0.109. The van der Waals surface area contributed by atoms with E-state index in [4.69, 9.17) is 0 Å². The molecule has 1 amide bonds. The normalized spacial score (nSPS) is 10.8. The SMILES string of the molecule is CC(C)N(Cc1ccnc(-c2ccc(OC(F)(F)F)cc2)c1)C(=O)c1cn(C)cn1.Cl.Cl. The highest BCUT2D eigenvalue weighted by molar-refractivity contribution is 5.92. The standard InChI is InChI=1S/C21H21F3N4O2.2ClH/c1-14(2)28(20(29)19-12-27(3)13-26-19)11-15-8-9-25-18(10-15)16-4-6-17(7-5-16)30-21(22,23)24;;/h4-10,12-14H,11H2,1-3H3;2*1H. The first kappa shape index (κ1) is 27.3. The van der Waals surface area contributed by atoms with Gasteiger partial charge in [-0.05, 0) is 55.8 Å². The summed E-state index contributed by atoms with van der Waals surface area (Å²) in [5, 5.41) is 0. The molecular weight excluding hydrogens is 468 g/mol. The third-order valence-corrected chi connectivity index (χ3v) is 4.37. The minimum absolute atomic E-state index is 0. The maximum Gasteiger partial charge on any atom is 0.573 e. The third-order valence-electron chi connectivity index (χ3n) is 4.37. The Kier molecular flexibility index (Phi) is 9.53. The Morgan fingerprint density at radius 1 is 1.12 bits per heavy atom. The molecule has 0 saturated carbocycles. The molecule has 0 radical (unpaired) electrons. The number of halogens is 5. The first-order chi connectivity index (χ1) is 14.1. The van der Waals surface area contributed by atoms with Crippen LogP contribution in [-0.4, -0.2) is 37.7 Å². The fourth-order valence-corrected chi connectivity index (χ4v) is 2.91. The molecule has 0 N–H and O–H groups in total. The fourth-order valence-electron chi connectivity index (χ4n) is 2.91. The molecule has 0 saturated heterocycles. The van der Waals surface area contributed by atoms with Gasteiger partial charge in [-0.15, -0.1) is 38.0 Å². The topological polar surface area (TPSA) is 60.3 Å². The minimum atomic E-state index is -4.74. The summed E-state index contributed by atoms with van der Waals surface area (Å²) in [4.78, 5) is 23.0. The second-order valence-electron chi connectivity index (χ2n) is 7.07. The van der Waals surface area contributed by atoms with E-state index in [0.29, 0.717) is 23.5 Å². The van der Waals surface area contributed by atoms with Gasteiger partial charge in [-0.1, -0.05) is 0 Å². The Hall–Kier alpha value is -2.78. The molecule has 6 nitrogen and oxygen atoms in total. The summed E-state index contributed by atoms with van der Waals surface area (Å²) in [7, 11) is 1.80. The number of benzene rings is 1. The van der Waals surface area contributed by atoms with Crippen molar-refractivity contribution in [3.8, 4) is 17.0 Å². The number of hydrogen-bond acceptors (Lipinski definition) is 4. The van der Waals surface area contributed by atoms with Crippen LogP contribution in [0.5, 0.6) is 5.75 Å². The van der Waals surface area contributed by atoms with E-state index in [9.17, 15) is 18.0 Å². The summed E-state index contributed by atoms with van der Waals surface area (Å²) in [6, 6.07) is 9.03. The van der Waals surface area contributed by atoms with Crippen molar-refractivity contribution in [2.45, 2.75) is 32.8 Å². The van der Waals surface area contributed by atoms with Crippen LogP contribution >= 0.6 is 24.8 Å². The molecule has 3 aromatic rings. The lowest BCUT2D eigenvalue weighted by Gasteiger charge is -2.26. The van der Waals surface area contributed by atoms with Crippen molar-refractivity contribution < 1.29 is 22.7 Å². The number of aryl methyl sites for hydroxylation is 1. The number of hydrogen-bond donors (Lipinski definition) is 0. The molecule has 174 valence electrons. The van der Waals surface area contributed by atoms with E-state index in [1.54, 1.807) is 47.4 Å². The van der Waals surface area contributed by atoms with E-state index in [1.165, 1.54) is 24.3 Å². The molecule has 0 spiro atoms. The van der Waals surface area contributed by atoms with E-state index < -0.39 is 6.36 Å². The van der Waals surface area contributed by atoms with Gasteiger partial charge in [0.2, 0.25) is 0 Å². The van der Waals surface area contributed by atoms with Crippen LogP contribution in [0.15, 0.2) is 55.1 Å². The van der Waals surface area contributed by atoms with Gasteiger partial charge < -0.3 is 14.2 Å². The molecule has 0 atom stereocenters. The first-order valence-corrected chi connectivity index (χ1v) is 9.22. The van der Waals surface area contributed by atoms with Gasteiger partial charge >= 0.3 is 6.36 Å². The van der Waals surface area contributed by atoms with Gasteiger partial charge in [0, 0.05) is 37.6 Å². The molecule has 1 aromatic carbocycles. The average molecular weight is 491 g/mol. The van der Waals surface area contributed by atoms with E-state index in [0.717, 1.165) is 5.56 Å². The number of nitrogens with zero attached hydrogens (tertiary/aromatic N) is 4. The number of aromatic nitrogens is 3. The molecule has 32 heavy (non-hydrogen) atoms. The molecule has 3 rings (SSSR count). The van der Waals surface area contributed by atoms with Crippen LogP contribution in [0.2, 0.25) is 0 Å². The number of alkyl halides is 3. The lowest BCUT2D eigenvalue weighted by atomic mass is 10.1. The molecule has 0 bridgehead atoms. The zero-order valence-electron chi connectivity index (χ0n) is 17.5. The Labute approximate surface area is 196 Å². The number of carbonyl (C=O) groups excluding carboxylic acids is 1. The van der Waals surface area contributed by atoms with Gasteiger partial charge in [0.25, 0.3) is 5.91 Å². The summed E-state index contributed by atoms with van der Waals surface area (Å²) in [6.45, 7) is 4.18. The van der Waals surface area contributed by atoms with Gasteiger partial charge in [-0.2, -0.15) is 0 Å². The van der Waals surface area contributed by atoms with Crippen molar-refractivity contribution in [1.29, 1.82) is 0 Å². The van der Waals surface area contributed by atoms with Crippen molar-refractivity contribution in [3.05, 3.63) is 66.4 Å². The van der Waals surface area contributed by atoms with Gasteiger partial charge in [0.1, 0.15) is 11.4 Å². The average Bonchev–Trinajstić information content (AvgIpc) is 3.11. The molecule has 11 heteroatoms. The highest BCUT2D eigenvalue weighted by Gasteiger charge is 2.31. The number of pyridine rings is 1. The molecule has 0 aliphatic rings. The molecule has 0 aliphatic heterocycles. The summed E-state index contributed by atoms with van der Waals surface area (Å²) < 4.78 is 42.6. The van der Waals surface area contributed by atoms with E-state index in [2.05, 4.69) is 14.7 Å². The number of carbonyl (C=O) groups is 1. The highest BCUT2D eigenvalue weighted by Crippen LogP contribution is 2.26. The predicted molar refractivity (Wildman–Crippen MR) is 119 cm³/mol. The summed E-state index contributed by atoms with van der Waals surface area (Å²) in [5.74, 6) is -0.480. The minimum Gasteiger partial charge on any atom is -0.406 e. The maximum absolute atomic E-state index is 12.8. The lowest BCUT2D eigenvalue weighted by Crippen LogP contribution is -2.36. The Balaban J connectivity index is 0.00000256. The van der Waals surface area contributed by atoms with Crippen LogP contribution in [0, 0.1) is 0 Å². The number of amides is 1. The molecule has 0 aliphatic carbocycles. The van der Waals surface area contributed by atoms with Crippen molar-refractivity contribution in [2.75, 3.05) is 0 Å². The van der Waals surface area contributed by atoms with Crippen molar-refractivity contribution >= 4 is 30.7 Å². The Bertz CT molecular complexity index is 1020. The van der Waals surface area contributed by atoms with E-state index in [-0.39, 0.29) is 42.5 Å². The van der Waals surface area contributed by atoms with Gasteiger partial charge in [-0.25, -0.2) is 4.98 Å². The van der Waals surface area contributed by atoms with Crippen molar-refractivity contribution in [1.82, 2.24) is 19.4 Å². The van der Waals surface area contributed by atoms with Gasteiger partial charge in [-0.3, -0.25) is 9.78 Å². The van der Waals surface area contributed by atoms with E-state index in [1.807, 2.05) is 13.8 Å². The maximum atomic E-state index is 12.8. The van der Waals surface area contributed by atoms with Crippen LogP contribution in [0.3, 0.4) is 0 Å². The van der Waals surface area contributed by atoms with Crippen LogP contribution < -0.4 is 4.74 Å². The second-order valence-corrected chi connectivity index (χ2v) is 7.07. The van der Waals surface area contributed by atoms with Crippen molar-refractivity contribution in [2.24, 2.45) is 7.05 Å². The zero-order chi connectivity index (χ0) is 21.9. The fraction of sp³-hybridized carbons (Fsp3) is 0.286. The number of imidazole rings is 1. The highest BCUT2D eigenvalue weighted by atomic mass is 35.5. The lowest BCUT2D eigenvalue weighted by molar-refractivity contribution is -0.274. The Morgan fingerprint density at radius 3 is 2.31 bits per heavy atom. The molecule has 0 fully saturated rings. The van der Waals surface area contributed by atoms with E-state index >= 15 is 0 Å². The van der Waals surface area contributed by atoms with Crippen LogP contribution in [-0.2, 0) is 13.6 Å². The first-order valence-electron chi connectivity index (χ1n) is 9.22. The van der Waals surface area contributed by atoms with Crippen molar-refractivity contribution in [3.63, 3.8) is 0 Å². The zero-order valence-corrected chi connectivity index (χ0v) is 19.2. The predicted octanol–water partition coefficient (Wildman–Crippen LogP) is 5.28. The van der Waals surface area contributed by atoms with Crippen LogP contribution in [0.25, 0.3) is 11.3 Å². The molecule has 2 heterocycles. The second kappa shape index (κ2) is 11.2. The van der Waals surface area contributed by atoms with Gasteiger partial charge in [0.05, 0.1) is 12.0 Å². The third kappa shape index (κ3) is 7.13. The summed E-state index contributed by atoms with van der Waals surface area (Å²) in [5.41, 5.74) is 2.42. The quantitative estimate of drug-likeness (QED) is 0.471. The monoisotopic (exact) mass is 490 g/mol. The largest absolute Gasteiger partial charge is 0.573 e. The smallest absolute Gasteiger partial charge is 0.406 e. The van der Waals surface area contributed by atoms with Gasteiger partial charge in [0.15, 0.2) is 0 Å². The van der Waals surface area contributed by atoms with Crippen LogP contribution in [0.4, 0.5) is 13.2 Å². The van der Waals surface area contributed by atoms with Crippen LogP contribution in [0.1, 0.15) is 29.9 Å². The Morgan fingerprint density at radius 2 is 1.78 bits per heavy atom. The molecular formula is C21H23Cl2F3N4O2. The number of ether oxygens (including phenoxy) is 1. The number of rotatable bonds is 6.